The first kappa shape index (κ1) is 24.1. The molecule has 2 aromatic rings. The number of pyridine rings is 1. The second-order valence-electron chi connectivity index (χ2n) is 10.4. The van der Waals surface area contributed by atoms with Crippen LogP contribution in [0.2, 0.25) is 0 Å². The molecule has 2 amide bonds. The van der Waals surface area contributed by atoms with Crippen LogP contribution in [0.4, 0.5) is 5.69 Å². The van der Waals surface area contributed by atoms with E-state index in [2.05, 4.69) is 34.4 Å². The van der Waals surface area contributed by atoms with Crippen molar-refractivity contribution in [3.05, 3.63) is 46.5 Å². The van der Waals surface area contributed by atoms with Crippen molar-refractivity contribution < 1.29 is 19.1 Å². The van der Waals surface area contributed by atoms with E-state index in [4.69, 9.17) is 4.74 Å². The fourth-order valence-corrected chi connectivity index (χ4v) is 4.73. The van der Waals surface area contributed by atoms with E-state index in [1.165, 1.54) is 12.8 Å². The Labute approximate surface area is 200 Å². The van der Waals surface area contributed by atoms with Crippen LogP contribution in [0.5, 0.6) is 0 Å². The van der Waals surface area contributed by atoms with Gasteiger partial charge in [-0.05, 0) is 55.2 Å². The van der Waals surface area contributed by atoms with E-state index in [0.29, 0.717) is 54.3 Å². The quantitative estimate of drug-likeness (QED) is 0.518. The van der Waals surface area contributed by atoms with Crippen molar-refractivity contribution in [2.75, 3.05) is 12.4 Å². The molecular formula is C26H34N4O4. The van der Waals surface area contributed by atoms with Crippen LogP contribution in [0, 0.1) is 18.3 Å². The first-order valence-electron chi connectivity index (χ1n) is 12.0. The lowest BCUT2D eigenvalue weighted by atomic mass is 9.75. The molecule has 1 saturated carbocycles. The van der Waals surface area contributed by atoms with Gasteiger partial charge < -0.3 is 20.4 Å². The monoisotopic (exact) mass is 466 g/mol. The number of amides is 2. The molecule has 0 bridgehead atoms. The van der Waals surface area contributed by atoms with Crippen molar-refractivity contribution >= 4 is 23.3 Å². The van der Waals surface area contributed by atoms with Crippen LogP contribution >= 0.6 is 0 Å². The number of methoxy groups -OCH3 is 1. The van der Waals surface area contributed by atoms with Gasteiger partial charge in [-0.1, -0.05) is 26.7 Å². The molecule has 34 heavy (non-hydrogen) atoms. The van der Waals surface area contributed by atoms with Crippen molar-refractivity contribution in [1.82, 2.24) is 15.3 Å². The van der Waals surface area contributed by atoms with Crippen LogP contribution < -0.4 is 10.6 Å². The summed E-state index contributed by atoms with van der Waals surface area (Å²) < 4.78 is 5.07. The summed E-state index contributed by atoms with van der Waals surface area (Å²) >= 11 is 0. The van der Waals surface area contributed by atoms with E-state index in [0.717, 1.165) is 17.8 Å². The molecule has 1 atom stereocenters. The number of H-pyrrole nitrogens is 1. The molecule has 0 aromatic carbocycles. The number of ether oxygens (including phenoxy) is 1. The minimum absolute atomic E-state index is 0.0616. The number of rotatable bonds is 9. The topological polar surface area (TPSA) is 113 Å². The number of ketones is 1. The molecule has 4 rings (SSSR count). The molecule has 2 heterocycles. The Morgan fingerprint density at radius 1 is 1.26 bits per heavy atom. The highest BCUT2D eigenvalue weighted by molar-refractivity contribution is 6.06. The van der Waals surface area contributed by atoms with Gasteiger partial charge in [0, 0.05) is 24.8 Å². The zero-order valence-corrected chi connectivity index (χ0v) is 20.4. The minimum atomic E-state index is -0.682. The Hall–Kier alpha value is -3.00. The summed E-state index contributed by atoms with van der Waals surface area (Å²) in [5, 5.41) is 5.79. The summed E-state index contributed by atoms with van der Waals surface area (Å²) in [5.41, 5.74) is 3.65. The summed E-state index contributed by atoms with van der Waals surface area (Å²) in [7, 11) is 1.60. The van der Waals surface area contributed by atoms with Crippen LogP contribution in [-0.4, -0.2) is 40.7 Å². The van der Waals surface area contributed by atoms with Gasteiger partial charge in [0.05, 0.1) is 24.2 Å². The first-order chi connectivity index (χ1) is 16.2. The van der Waals surface area contributed by atoms with Crippen molar-refractivity contribution in [2.45, 2.75) is 71.9 Å². The highest BCUT2D eigenvalue weighted by atomic mass is 16.5. The number of carbonyl (C=O) groups is 3. The molecule has 0 saturated heterocycles. The molecule has 1 unspecified atom stereocenters. The second-order valence-corrected chi connectivity index (χ2v) is 10.4. The van der Waals surface area contributed by atoms with E-state index in [1.807, 2.05) is 0 Å². The van der Waals surface area contributed by atoms with Crippen LogP contribution in [0.15, 0.2) is 18.3 Å². The van der Waals surface area contributed by atoms with E-state index >= 15 is 0 Å². The zero-order chi connectivity index (χ0) is 24.5. The molecule has 0 radical (unpaired) electrons. The van der Waals surface area contributed by atoms with Gasteiger partial charge >= 0.3 is 0 Å². The number of Topliss-reactive ketones (excluding diaryl/α,β-unsaturated/α-hetero) is 1. The predicted molar refractivity (Wildman–Crippen MR) is 129 cm³/mol. The van der Waals surface area contributed by atoms with Gasteiger partial charge in [-0.2, -0.15) is 0 Å². The molecule has 8 nitrogen and oxygen atoms in total. The molecule has 182 valence electrons. The van der Waals surface area contributed by atoms with Gasteiger partial charge in [0.1, 0.15) is 11.7 Å². The highest BCUT2D eigenvalue weighted by Gasteiger charge is 2.36. The molecule has 8 heteroatoms. The molecular weight excluding hydrogens is 432 g/mol. The number of aromatic amines is 1. The molecule has 3 N–H and O–H groups in total. The molecule has 2 aliphatic carbocycles. The number of hydrogen-bond donors (Lipinski definition) is 3. The van der Waals surface area contributed by atoms with Gasteiger partial charge in [0.15, 0.2) is 5.78 Å². The first-order valence-corrected chi connectivity index (χ1v) is 12.0. The van der Waals surface area contributed by atoms with E-state index in [-0.39, 0.29) is 23.0 Å². The van der Waals surface area contributed by atoms with Gasteiger partial charge in [0.25, 0.3) is 5.91 Å². The summed E-state index contributed by atoms with van der Waals surface area (Å²) in [6, 6.07) is 2.89. The van der Waals surface area contributed by atoms with E-state index in [1.54, 1.807) is 32.4 Å². The molecule has 2 aliphatic rings. The Kier molecular flexibility index (Phi) is 6.89. The lowest BCUT2D eigenvalue weighted by Crippen LogP contribution is -2.44. The average molecular weight is 467 g/mol. The maximum atomic E-state index is 13.2. The number of anilines is 1. The summed E-state index contributed by atoms with van der Waals surface area (Å²) in [6.07, 6.45) is 6.55. The molecule has 0 aliphatic heterocycles. The summed E-state index contributed by atoms with van der Waals surface area (Å²) in [5.74, 6) is 0.0524. The largest absolute Gasteiger partial charge is 0.378 e. The van der Waals surface area contributed by atoms with Crippen LogP contribution in [0.25, 0.3) is 0 Å². The number of fused-ring (bicyclic) bond motifs is 1. The van der Waals surface area contributed by atoms with Gasteiger partial charge in [-0.3, -0.25) is 19.4 Å². The van der Waals surface area contributed by atoms with Crippen LogP contribution in [-0.2, 0) is 22.6 Å². The predicted octanol–water partition coefficient (Wildman–Crippen LogP) is 3.95. The third-order valence-electron chi connectivity index (χ3n) is 6.69. The lowest BCUT2D eigenvalue weighted by Gasteiger charge is -2.28. The standard InChI is InChI=1S/C26H34N4O4/c1-15-22-20(11-26(2,3)12-21(22)31)29-23(15)25(33)30-19(10-7-16-5-6-16)24(32)28-17-8-9-18(14-34-4)27-13-17/h8-9,13,16,19,29H,5-7,10-12,14H2,1-4H3,(H,28,32)(H,30,33). The van der Waals surface area contributed by atoms with Crippen LogP contribution in [0.3, 0.4) is 0 Å². The smallest absolute Gasteiger partial charge is 0.268 e. The number of nitrogens with one attached hydrogen (secondary N) is 3. The second kappa shape index (κ2) is 9.70. The third kappa shape index (κ3) is 5.55. The lowest BCUT2D eigenvalue weighted by molar-refractivity contribution is -0.118. The van der Waals surface area contributed by atoms with Crippen molar-refractivity contribution in [2.24, 2.45) is 11.3 Å². The number of nitrogens with zero attached hydrogens (tertiary/aromatic N) is 1. The Balaban J connectivity index is 1.49. The maximum absolute atomic E-state index is 13.2. The molecule has 0 spiro atoms. The number of carbonyl (C=O) groups excluding carboxylic acids is 3. The van der Waals surface area contributed by atoms with Crippen molar-refractivity contribution in [1.29, 1.82) is 0 Å². The Morgan fingerprint density at radius 2 is 2.03 bits per heavy atom. The molecule has 2 aromatic heterocycles. The molecule has 1 fully saturated rings. The van der Waals surface area contributed by atoms with Gasteiger partial charge in [0.2, 0.25) is 5.91 Å². The van der Waals surface area contributed by atoms with Crippen molar-refractivity contribution in [3.8, 4) is 0 Å². The van der Waals surface area contributed by atoms with E-state index < -0.39 is 6.04 Å². The number of hydrogen-bond acceptors (Lipinski definition) is 5. The Bertz CT molecular complexity index is 1080. The normalized spacial score (nSPS) is 17.7. The zero-order valence-electron chi connectivity index (χ0n) is 20.4. The van der Waals surface area contributed by atoms with Crippen LogP contribution in [0.1, 0.15) is 83.7 Å². The SMILES string of the molecule is COCc1ccc(NC(=O)C(CCC2CC2)NC(=O)c2[nH]c3c(c2C)C(=O)CC(C)(C)C3)cn1. The fraction of sp³-hybridized carbons (Fsp3) is 0.538. The summed E-state index contributed by atoms with van der Waals surface area (Å²) in [6.45, 7) is 6.30. The van der Waals surface area contributed by atoms with Gasteiger partial charge in [-0.15, -0.1) is 0 Å². The Morgan fingerprint density at radius 3 is 2.68 bits per heavy atom. The fourth-order valence-electron chi connectivity index (χ4n) is 4.73. The number of aromatic nitrogens is 2. The third-order valence-corrected chi connectivity index (χ3v) is 6.69. The van der Waals surface area contributed by atoms with Gasteiger partial charge in [-0.25, -0.2) is 0 Å². The van der Waals surface area contributed by atoms with E-state index in [9.17, 15) is 14.4 Å². The summed E-state index contributed by atoms with van der Waals surface area (Å²) in [4.78, 5) is 46.5. The van der Waals surface area contributed by atoms with Crippen molar-refractivity contribution in [3.63, 3.8) is 0 Å². The highest BCUT2D eigenvalue weighted by Crippen LogP contribution is 2.37. The minimum Gasteiger partial charge on any atom is -0.378 e. The maximum Gasteiger partial charge on any atom is 0.268 e. The average Bonchev–Trinajstić information content (AvgIpc) is 3.53.